The molecule has 2 rings (SSSR count). The molecule has 0 unspecified atom stereocenters. The van der Waals surface area contributed by atoms with Gasteiger partial charge in [0.15, 0.2) is 0 Å². The normalized spacial score (nSPS) is 20.1. The van der Waals surface area contributed by atoms with Crippen LogP contribution in [-0.2, 0) is 0 Å². The number of halogens is 1. The van der Waals surface area contributed by atoms with E-state index < -0.39 is 0 Å². The fourth-order valence-electron chi connectivity index (χ4n) is 2.10. The van der Waals surface area contributed by atoms with Crippen molar-refractivity contribution in [1.29, 1.82) is 0 Å². The maximum atomic E-state index is 6.27. The summed E-state index contributed by atoms with van der Waals surface area (Å²) in [7, 11) is 0. The lowest BCUT2D eigenvalue weighted by molar-refractivity contribution is 0.321. The molecular weight excluding hydrogens is 254 g/mol. The van der Waals surface area contributed by atoms with Crippen LogP contribution in [0.4, 0.5) is 0 Å². The van der Waals surface area contributed by atoms with Gasteiger partial charge in [0.05, 0.1) is 0 Å². The molecule has 1 fully saturated rings. The van der Waals surface area contributed by atoms with Gasteiger partial charge < -0.3 is 11.1 Å². The molecule has 4 heteroatoms. The number of nitrogens with one attached hydrogen (secondary N) is 1. The number of rotatable bonds is 2. The predicted molar refractivity (Wildman–Crippen MR) is 64.5 cm³/mol. The number of nitrogens with two attached hydrogens (primary N) is 1. The van der Waals surface area contributed by atoms with Gasteiger partial charge in [0.1, 0.15) is 4.60 Å². The highest BCUT2D eigenvalue weighted by atomic mass is 79.9. The lowest BCUT2D eigenvalue weighted by atomic mass is 9.87. The van der Waals surface area contributed by atoms with Crippen LogP contribution in [0.15, 0.2) is 22.9 Å². The topological polar surface area (TPSA) is 50.9 Å². The molecule has 0 saturated carbocycles. The molecule has 0 radical (unpaired) electrons. The van der Waals surface area contributed by atoms with E-state index in [1.54, 1.807) is 6.20 Å². The maximum absolute atomic E-state index is 6.27. The number of hydrogen-bond donors (Lipinski definition) is 2. The van der Waals surface area contributed by atoms with Crippen LogP contribution in [0.5, 0.6) is 0 Å². The fraction of sp³-hybridized carbons (Fsp3) is 0.545. The zero-order chi connectivity index (χ0) is 10.7. The number of aromatic nitrogens is 1. The number of hydrogen-bond acceptors (Lipinski definition) is 3. The highest BCUT2D eigenvalue weighted by Crippen LogP contribution is 2.29. The van der Waals surface area contributed by atoms with Gasteiger partial charge in [-0.15, -0.1) is 0 Å². The highest BCUT2D eigenvalue weighted by molar-refractivity contribution is 9.10. The minimum atomic E-state index is 0.107. The van der Waals surface area contributed by atoms with Gasteiger partial charge in [-0.1, -0.05) is 6.07 Å². The molecule has 82 valence electrons. The molecule has 0 aliphatic carbocycles. The Morgan fingerprint density at radius 1 is 1.47 bits per heavy atom. The summed E-state index contributed by atoms with van der Waals surface area (Å²) in [6.07, 6.45) is 4.09. The molecule has 1 aromatic rings. The van der Waals surface area contributed by atoms with Crippen molar-refractivity contribution in [2.24, 2.45) is 11.7 Å². The molecule has 1 saturated heterocycles. The van der Waals surface area contributed by atoms with E-state index in [9.17, 15) is 0 Å². The van der Waals surface area contributed by atoms with Gasteiger partial charge in [-0.3, -0.25) is 0 Å². The quantitative estimate of drug-likeness (QED) is 0.806. The average Bonchev–Trinajstić information content (AvgIpc) is 2.30. The summed E-state index contributed by atoms with van der Waals surface area (Å²) < 4.78 is 0.885. The molecule has 0 amide bonds. The molecule has 1 aliphatic heterocycles. The zero-order valence-corrected chi connectivity index (χ0v) is 10.2. The lowest BCUT2D eigenvalue weighted by Gasteiger charge is -2.28. The second-order valence-electron chi connectivity index (χ2n) is 4.00. The van der Waals surface area contributed by atoms with Crippen LogP contribution in [0.3, 0.4) is 0 Å². The molecule has 15 heavy (non-hydrogen) atoms. The molecule has 0 spiro atoms. The predicted octanol–water partition coefficient (Wildman–Crippen LogP) is 1.84. The third-order valence-electron chi connectivity index (χ3n) is 3.04. The summed E-state index contributed by atoms with van der Waals surface area (Å²) in [6.45, 7) is 2.16. The van der Waals surface area contributed by atoms with E-state index in [1.807, 2.05) is 6.07 Å². The number of piperidine rings is 1. The summed E-state index contributed by atoms with van der Waals surface area (Å²) in [5.74, 6) is 0.576. The van der Waals surface area contributed by atoms with E-state index in [0.717, 1.165) is 36.1 Å². The molecule has 3 N–H and O–H groups in total. The van der Waals surface area contributed by atoms with Crippen molar-refractivity contribution in [3.05, 3.63) is 28.5 Å². The molecule has 1 aromatic heterocycles. The lowest BCUT2D eigenvalue weighted by Crippen LogP contribution is -2.34. The molecule has 3 nitrogen and oxygen atoms in total. The first kappa shape index (κ1) is 11.0. The first-order valence-corrected chi connectivity index (χ1v) is 6.15. The Bertz CT molecular complexity index is 323. The SMILES string of the molecule is N[C@@H](c1cccnc1Br)C1CCNCC1. The molecule has 1 aliphatic rings. The first-order chi connectivity index (χ1) is 7.29. The maximum Gasteiger partial charge on any atom is 0.110 e. The van der Waals surface area contributed by atoms with Gasteiger partial charge in [0.2, 0.25) is 0 Å². The van der Waals surface area contributed by atoms with Crippen molar-refractivity contribution >= 4 is 15.9 Å². The highest BCUT2D eigenvalue weighted by Gasteiger charge is 2.23. The Balaban J connectivity index is 2.12. The second kappa shape index (κ2) is 5.05. The van der Waals surface area contributed by atoms with Crippen molar-refractivity contribution in [1.82, 2.24) is 10.3 Å². The van der Waals surface area contributed by atoms with Gasteiger partial charge in [0, 0.05) is 17.8 Å². The third kappa shape index (κ3) is 2.56. The van der Waals surface area contributed by atoms with Crippen molar-refractivity contribution < 1.29 is 0 Å². The smallest absolute Gasteiger partial charge is 0.110 e. The van der Waals surface area contributed by atoms with Crippen LogP contribution in [-0.4, -0.2) is 18.1 Å². The Morgan fingerprint density at radius 2 is 2.20 bits per heavy atom. The number of nitrogens with zero attached hydrogens (tertiary/aromatic N) is 1. The van der Waals surface area contributed by atoms with Crippen LogP contribution >= 0.6 is 15.9 Å². The van der Waals surface area contributed by atoms with Gasteiger partial charge >= 0.3 is 0 Å². The standard InChI is InChI=1S/C11H16BrN3/c12-11-9(2-1-5-15-11)10(13)8-3-6-14-7-4-8/h1-2,5,8,10,14H,3-4,6-7,13H2/t10-/m1/s1. The second-order valence-corrected chi connectivity index (χ2v) is 4.75. The summed E-state index contributed by atoms with van der Waals surface area (Å²) in [5, 5.41) is 3.35. The molecule has 1 atom stereocenters. The Kier molecular flexibility index (Phi) is 3.72. The Hall–Kier alpha value is -0.450. The van der Waals surface area contributed by atoms with Gasteiger partial charge in [-0.05, 0) is 53.8 Å². The third-order valence-corrected chi connectivity index (χ3v) is 3.70. The molecule has 0 aromatic carbocycles. The van der Waals surface area contributed by atoms with Crippen LogP contribution in [0.2, 0.25) is 0 Å². The van der Waals surface area contributed by atoms with E-state index in [2.05, 4.69) is 32.3 Å². The van der Waals surface area contributed by atoms with Crippen molar-refractivity contribution in [2.45, 2.75) is 18.9 Å². The van der Waals surface area contributed by atoms with E-state index in [-0.39, 0.29) is 6.04 Å². The van der Waals surface area contributed by atoms with Gasteiger partial charge in [-0.25, -0.2) is 4.98 Å². The summed E-state index contributed by atoms with van der Waals surface area (Å²) in [5.41, 5.74) is 7.40. The van der Waals surface area contributed by atoms with Crippen molar-refractivity contribution in [3.63, 3.8) is 0 Å². The van der Waals surface area contributed by atoms with E-state index in [1.165, 1.54) is 0 Å². The zero-order valence-electron chi connectivity index (χ0n) is 8.62. The van der Waals surface area contributed by atoms with Crippen LogP contribution in [0.25, 0.3) is 0 Å². The minimum Gasteiger partial charge on any atom is -0.324 e. The fourth-order valence-corrected chi connectivity index (χ4v) is 2.62. The summed E-state index contributed by atoms with van der Waals surface area (Å²) >= 11 is 3.46. The minimum absolute atomic E-state index is 0.107. The van der Waals surface area contributed by atoms with Crippen LogP contribution < -0.4 is 11.1 Å². The van der Waals surface area contributed by atoms with Crippen molar-refractivity contribution in [3.8, 4) is 0 Å². The Morgan fingerprint density at radius 3 is 2.87 bits per heavy atom. The van der Waals surface area contributed by atoms with Gasteiger partial charge in [-0.2, -0.15) is 0 Å². The Labute approximate surface area is 98.6 Å². The van der Waals surface area contributed by atoms with Crippen LogP contribution in [0, 0.1) is 5.92 Å². The molecule has 2 heterocycles. The average molecular weight is 270 g/mol. The summed E-state index contributed by atoms with van der Waals surface area (Å²) in [6, 6.07) is 4.11. The molecular formula is C11H16BrN3. The van der Waals surface area contributed by atoms with E-state index in [0.29, 0.717) is 5.92 Å². The largest absolute Gasteiger partial charge is 0.324 e. The van der Waals surface area contributed by atoms with E-state index >= 15 is 0 Å². The van der Waals surface area contributed by atoms with Crippen molar-refractivity contribution in [2.75, 3.05) is 13.1 Å². The summed E-state index contributed by atoms with van der Waals surface area (Å²) in [4.78, 5) is 4.22. The monoisotopic (exact) mass is 269 g/mol. The number of pyridine rings is 1. The van der Waals surface area contributed by atoms with Gasteiger partial charge in [0.25, 0.3) is 0 Å². The van der Waals surface area contributed by atoms with Crippen LogP contribution in [0.1, 0.15) is 24.4 Å². The first-order valence-electron chi connectivity index (χ1n) is 5.36. The van der Waals surface area contributed by atoms with E-state index in [4.69, 9.17) is 5.73 Å². The molecule has 0 bridgehead atoms.